The Morgan fingerprint density at radius 2 is 1.65 bits per heavy atom. The van der Waals surface area contributed by atoms with E-state index in [1.54, 1.807) is 30.3 Å². The molecule has 0 atom stereocenters. The van der Waals surface area contributed by atoms with E-state index in [4.69, 9.17) is 25.8 Å². The summed E-state index contributed by atoms with van der Waals surface area (Å²) in [7, 11) is 4.21. The van der Waals surface area contributed by atoms with Crippen LogP contribution in [-0.4, -0.2) is 39.8 Å². The van der Waals surface area contributed by atoms with E-state index in [0.29, 0.717) is 27.9 Å². The fourth-order valence-electron chi connectivity index (χ4n) is 2.24. The predicted octanol–water partition coefficient (Wildman–Crippen LogP) is 3.19. The molecule has 26 heavy (non-hydrogen) atoms. The molecule has 0 saturated carbocycles. The molecule has 2 rings (SSSR count). The second-order valence-corrected chi connectivity index (χ2v) is 5.53. The van der Waals surface area contributed by atoms with Crippen molar-refractivity contribution >= 4 is 34.9 Å². The average molecular weight is 379 g/mol. The number of carbonyl (C=O) groups excluding carboxylic acids is 2. The molecule has 2 aromatic rings. The molecule has 1 amide bonds. The zero-order valence-electron chi connectivity index (χ0n) is 14.6. The number of esters is 1. The van der Waals surface area contributed by atoms with Crippen LogP contribution >= 0.6 is 11.6 Å². The second-order valence-electron chi connectivity index (χ2n) is 5.13. The number of amides is 1. The monoisotopic (exact) mass is 378 g/mol. The first-order valence-corrected chi connectivity index (χ1v) is 8.00. The lowest BCUT2D eigenvalue weighted by molar-refractivity contribution is -0.114. The van der Waals surface area contributed by atoms with Crippen LogP contribution in [-0.2, 0) is 9.53 Å². The fourth-order valence-corrected chi connectivity index (χ4v) is 2.42. The minimum absolute atomic E-state index is 0.0926. The van der Waals surface area contributed by atoms with Gasteiger partial charge < -0.3 is 24.8 Å². The van der Waals surface area contributed by atoms with Crippen molar-refractivity contribution in [1.29, 1.82) is 0 Å². The lowest BCUT2D eigenvalue weighted by Crippen LogP contribution is -2.23. The van der Waals surface area contributed by atoms with Gasteiger partial charge in [-0.3, -0.25) is 4.79 Å². The van der Waals surface area contributed by atoms with Gasteiger partial charge in [0.25, 0.3) is 0 Å². The van der Waals surface area contributed by atoms with Gasteiger partial charge in [-0.15, -0.1) is 0 Å². The molecule has 0 radical (unpaired) electrons. The highest BCUT2D eigenvalue weighted by Gasteiger charge is 2.18. The molecule has 2 aromatic carbocycles. The molecule has 0 saturated heterocycles. The summed E-state index contributed by atoms with van der Waals surface area (Å²) in [5.41, 5.74) is 1.10. The molecule has 0 bridgehead atoms. The van der Waals surface area contributed by atoms with E-state index in [9.17, 15) is 9.59 Å². The van der Waals surface area contributed by atoms with Crippen LogP contribution in [0.3, 0.4) is 0 Å². The average Bonchev–Trinajstić information content (AvgIpc) is 2.66. The van der Waals surface area contributed by atoms with E-state index in [0.717, 1.165) is 0 Å². The first-order chi connectivity index (χ1) is 12.5. The lowest BCUT2D eigenvalue weighted by atomic mass is 10.1. The maximum absolute atomic E-state index is 12.2. The van der Waals surface area contributed by atoms with Crippen molar-refractivity contribution in [2.75, 3.05) is 38.5 Å². The Labute approximate surface area is 156 Å². The Kier molecular flexibility index (Phi) is 6.68. The van der Waals surface area contributed by atoms with Gasteiger partial charge in [0.05, 0.1) is 49.8 Å². The van der Waals surface area contributed by atoms with Crippen molar-refractivity contribution in [2.45, 2.75) is 0 Å². The number of benzene rings is 2. The number of halogens is 1. The minimum atomic E-state index is -0.569. The topological polar surface area (TPSA) is 85.9 Å². The molecular formula is C18H19ClN2O5. The Hall–Kier alpha value is -2.93. The van der Waals surface area contributed by atoms with Crippen LogP contribution in [0.15, 0.2) is 36.4 Å². The molecular weight excluding hydrogens is 360 g/mol. The van der Waals surface area contributed by atoms with E-state index in [-0.39, 0.29) is 18.0 Å². The van der Waals surface area contributed by atoms with Gasteiger partial charge in [0.1, 0.15) is 0 Å². The molecule has 7 nitrogen and oxygen atoms in total. The van der Waals surface area contributed by atoms with E-state index < -0.39 is 5.97 Å². The summed E-state index contributed by atoms with van der Waals surface area (Å²) >= 11 is 6.02. The number of para-hydroxylation sites is 1. The normalized spacial score (nSPS) is 10.0. The van der Waals surface area contributed by atoms with Crippen LogP contribution in [0.1, 0.15) is 10.4 Å². The Morgan fingerprint density at radius 3 is 2.27 bits per heavy atom. The Morgan fingerprint density at radius 1 is 1.00 bits per heavy atom. The van der Waals surface area contributed by atoms with E-state index >= 15 is 0 Å². The van der Waals surface area contributed by atoms with Crippen molar-refractivity contribution in [3.63, 3.8) is 0 Å². The SMILES string of the molecule is COC(=O)c1cc(OC)c(OC)cc1NCC(=O)Nc1ccccc1Cl. The maximum Gasteiger partial charge on any atom is 0.340 e. The molecule has 0 aliphatic carbocycles. The summed E-state index contributed by atoms with van der Waals surface area (Å²) in [6, 6.07) is 9.94. The fraction of sp³-hybridized carbons (Fsp3) is 0.222. The van der Waals surface area contributed by atoms with Crippen LogP contribution in [0.4, 0.5) is 11.4 Å². The van der Waals surface area contributed by atoms with Crippen LogP contribution < -0.4 is 20.1 Å². The molecule has 0 unspecified atom stereocenters. The zero-order chi connectivity index (χ0) is 19.1. The predicted molar refractivity (Wildman–Crippen MR) is 99.5 cm³/mol. The van der Waals surface area contributed by atoms with Crippen molar-refractivity contribution in [1.82, 2.24) is 0 Å². The van der Waals surface area contributed by atoms with Crippen molar-refractivity contribution < 1.29 is 23.8 Å². The van der Waals surface area contributed by atoms with Gasteiger partial charge in [-0.1, -0.05) is 23.7 Å². The van der Waals surface area contributed by atoms with Gasteiger partial charge >= 0.3 is 5.97 Å². The van der Waals surface area contributed by atoms with Crippen LogP contribution in [0.25, 0.3) is 0 Å². The quantitative estimate of drug-likeness (QED) is 0.719. The van der Waals surface area contributed by atoms with Gasteiger partial charge in [0.15, 0.2) is 11.5 Å². The Balaban J connectivity index is 2.18. The molecule has 8 heteroatoms. The lowest BCUT2D eigenvalue weighted by Gasteiger charge is -2.15. The minimum Gasteiger partial charge on any atom is -0.493 e. The molecule has 0 aromatic heterocycles. The number of methoxy groups -OCH3 is 3. The van der Waals surface area contributed by atoms with Crippen molar-refractivity contribution in [3.05, 3.63) is 47.0 Å². The van der Waals surface area contributed by atoms with Crippen LogP contribution in [0, 0.1) is 0 Å². The van der Waals surface area contributed by atoms with Gasteiger partial charge in [0, 0.05) is 12.1 Å². The van der Waals surface area contributed by atoms with Gasteiger partial charge in [-0.2, -0.15) is 0 Å². The van der Waals surface area contributed by atoms with Crippen LogP contribution in [0.2, 0.25) is 5.02 Å². The largest absolute Gasteiger partial charge is 0.493 e. The third-order valence-corrected chi connectivity index (χ3v) is 3.85. The van der Waals surface area contributed by atoms with Crippen LogP contribution in [0.5, 0.6) is 11.5 Å². The number of hydrogen-bond donors (Lipinski definition) is 2. The van der Waals surface area contributed by atoms with E-state index in [1.165, 1.54) is 27.4 Å². The summed E-state index contributed by atoms with van der Waals surface area (Å²) in [5.74, 6) is -0.114. The standard InChI is InChI=1S/C18H19ClN2O5/c1-24-15-8-11(18(23)26-3)14(9-16(15)25-2)20-10-17(22)21-13-7-5-4-6-12(13)19/h4-9,20H,10H2,1-3H3,(H,21,22). The molecule has 0 aliphatic heterocycles. The van der Waals surface area contributed by atoms with E-state index in [2.05, 4.69) is 10.6 Å². The number of hydrogen-bond acceptors (Lipinski definition) is 6. The highest BCUT2D eigenvalue weighted by molar-refractivity contribution is 6.33. The summed E-state index contributed by atoms with van der Waals surface area (Å²) in [6.07, 6.45) is 0. The number of anilines is 2. The molecule has 2 N–H and O–H groups in total. The smallest absolute Gasteiger partial charge is 0.340 e. The second kappa shape index (κ2) is 8.96. The molecule has 0 fully saturated rings. The molecule has 0 heterocycles. The van der Waals surface area contributed by atoms with Crippen molar-refractivity contribution in [2.24, 2.45) is 0 Å². The van der Waals surface area contributed by atoms with Crippen molar-refractivity contribution in [3.8, 4) is 11.5 Å². The Bertz CT molecular complexity index is 810. The summed E-state index contributed by atoms with van der Waals surface area (Å²) in [4.78, 5) is 24.2. The first kappa shape index (κ1) is 19.4. The molecule has 0 spiro atoms. The highest BCUT2D eigenvalue weighted by Crippen LogP contribution is 2.33. The highest BCUT2D eigenvalue weighted by atomic mass is 35.5. The summed E-state index contributed by atoms with van der Waals surface area (Å²) in [5, 5.41) is 6.02. The third-order valence-electron chi connectivity index (χ3n) is 3.52. The maximum atomic E-state index is 12.2. The number of rotatable bonds is 7. The molecule has 0 aliphatic rings. The molecule has 138 valence electrons. The first-order valence-electron chi connectivity index (χ1n) is 7.62. The zero-order valence-corrected chi connectivity index (χ0v) is 15.3. The number of carbonyl (C=O) groups is 2. The summed E-state index contributed by atoms with van der Waals surface area (Å²) < 4.78 is 15.2. The number of ether oxygens (including phenoxy) is 3. The summed E-state index contributed by atoms with van der Waals surface area (Å²) in [6.45, 7) is -0.0926. The number of nitrogens with one attached hydrogen (secondary N) is 2. The van der Waals surface area contributed by atoms with Gasteiger partial charge in [-0.05, 0) is 12.1 Å². The van der Waals surface area contributed by atoms with E-state index in [1.807, 2.05) is 0 Å². The van der Waals surface area contributed by atoms with Gasteiger partial charge in [-0.25, -0.2) is 4.79 Å². The van der Waals surface area contributed by atoms with Gasteiger partial charge in [0.2, 0.25) is 5.91 Å². The third kappa shape index (κ3) is 4.58.